The summed E-state index contributed by atoms with van der Waals surface area (Å²) in [7, 11) is 0. The minimum Gasteiger partial charge on any atom is -0.478 e. The van der Waals surface area contributed by atoms with Crippen molar-refractivity contribution in [3.05, 3.63) is 0 Å². The average Bonchev–Trinajstić information content (AvgIpc) is 2.76. The van der Waals surface area contributed by atoms with Crippen LogP contribution in [0.15, 0.2) is 0 Å². The minimum absolute atomic E-state index is 0.0401. The Morgan fingerprint density at radius 2 is 1.87 bits per heavy atom. The van der Waals surface area contributed by atoms with E-state index in [0.29, 0.717) is 38.1 Å². The molecule has 2 heterocycles. The SMILES string of the molecule is CCCOC(=O)N[C@](C)(NC(=O)[C@@H]1CCCN(C(=O)CCC2CCNCC2)C1)C(=O)O. The fourth-order valence-corrected chi connectivity index (χ4v) is 4.00. The van der Waals surface area contributed by atoms with E-state index < -0.39 is 29.6 Å². The van der Waals surface area contributed by atoms with E-state index in [1.807, 2.05) is 6.92 Å². The molecule has 10 heteroatoms. The van der Waals surface area contributed by atoms with Crippen molar-refractivity contribution in [2.75, 3.05) is 32.8 Å². The molecule has 0 aromatic rings. The van der Waals surface area contributed by atoms with Crippen LogP contribution in [0.5, 0.6) is 0 Å². The summed E-state index contributed by atoms with van der Waals surface area (Å²) in [6, 6.07) is 0. The fourth-order valence-electron chi connectivity index (χ4n) is 4.00. The first-order valence-corrected chi connectivity index (χ1v) is 11.2. The summed E-state index contributed by atoms with van der Waals surface area (Å²) in [6.07, 6.45) is 4.40. The van der Waals surface area contributed by atoms with E-state index >= 15 is 0 Å². The Balaban J connectivity index is 1.88. The first-order chi connectivity index (χ1) is 14.7. The molecule has 2 aliphatic heterocycles. The fraction of sp³-hybridized carbons (Fsp3) is 0.810. The number of carbonyl (C=O) groups is 4. The Morgan fingerprint density at radius 3 is 2.52 bits per heavy atom. The van der Waals surface area contributed by atoms with E-state index in [2.05, 4.69) is 16.0 Å². The molecule has 176 valence electrons. The number of amides is 3. The van der Waals surface area contributed by atoms with Gasteiger partial charge in [-0.3, -0.25) is 14.9 Å². The summed E-state index contributed by atoms with van der Waals surface area (Å²) in [6.45, 7) is 6.01. The van der Waals surface area contributed by atoms with Gasteiger partial charge in [-0.05, 0) is 64.5 Å². The van der Waals surface area contributed by atoms with Crippen LogP contribution < -0.4 is 16.0 Å². The third kappa shape index (κ3) is 7.68. The maximum Gasteiger partial charge on any atom is 0.409 e. The van der Waals surface area contributed by atoms with Gasteiger partial charge in [0.2, 0.25) is 17.5 Å². The molecule has 0 aliphatic carbocycles. The summed E-state index contributed by atoms with van der Waals surface area (Å²) in [5, 5.41) is 17.5. The van der Waals surface area contributed by atoms with Gasteiger partial charge in [0.05, 0.1) is 12.5 Å². The summed E-state index contributed by atoms with van der Waals surface area (Å²) >= 11 is 0. The van der Waals surface area contributed by atoms with Gasteiger partial charge in [-0.15, -0.1) is 0 Å². The maximum absolute atomic E-state index is 12.8. The number of carboxylic acids is 1. The lowest BCUT2D eigenvalue weighted by Crippen LogP contribution is -2.65. The lowest BCUT2D eigenvalue weighted by Gasteiger charge is -2.35. The van der Waals surface area contributed by atoms with Crippen LogP contribution in [-0.4, -0.2) is 72.3 Å². The van der Waals surface area contributed by atoms with Crippen molar-refractivity contribution >= 4 is 23.9 Å². The zero-order valence-corrected chi connectivity index (χ0v) is 18.6. The van der Waals surface area contributed by atoms with Crippen LogP contribution >= 0.6 is 0 Å². The molecular formula is C21H36N4O6. The first kappa shape index (κ1) is 24.9. The highest BCUT2D eigenvalue weighted by Gasteiger charge is 2.40. The summed E-state index contributed by atoms with van der Waals surface area (Å²) in [5.74, 6) is -1.83. The molecule has 0 radical (unpaired) electrons. The Morgan fingerprint density at radius 1 is 1.16 bits per heavy atom. The number of aliphatic carboxylic acids is 1. The molecule has 2 fully saturated rings. The molecule has 0 aromatic carbocycles. The van der Waals surface area contributed by atoms with Gasteiger partial charge in [0, 0.05) is 19.5 Å². The van der Waals surface area contributed by atoms with Crippen molar-refractivity contribution in [1.29, 1.82) is 0 Å². The van der Waals surface area contributed by atoms with E-state index in [-0.39, 0.29) is 19.1 Å². The van der Waals surface area contributed by atoms with Gasteiger partial charge in [-0.1, -0.05) is 6.92 Å². The molecule has 0 spiro atoms. The predicted molar refractivity (Wildman–Crippen MR) is 113 cm³/mol. The third-order valence-corrected chi connectivity index (χ3v) is 5.96. The number of hydrogen-bond donors (Lipinski definition) is 4. The number of nitrogens with zero attached hydrogens (tertiary/aromatic N) is 1. The molecule has 0 bridgehead atoms. The molecule has 0 unspecified atom stereocenters. The van der Waals surface area contributed by atoms with Gasteiger partial charge in [-0.2, -0.15) is 0 Å². The van der Waals surface area contributed by atoms with Crippen molar-refractivity contribution in [3.63, 3.8) is 0 Å². The largest absolute Gasteiger partial charge is 0.478 e. The number of rotatable bonds is 9. The van der Waals surface area contributed by atoms with Crippen LogP contribution in [0.3, 0.4) is 0 Å². The van der Waals surface area contributed by atoms with Gasteiger partial charge < -0.3 is 25.4 Å². The summed E-state index contributed by atoms with van der Waals surface area (Å²) in [4.78, 5) is 50.7. The van der Waals surface area contributed by atoms with Crippen LogP contribution in [0.1, 0.15) is 58.8 Å². The second-order valence-electron chi connectivity index (χ2n) is 8.59. The number of nitrogens with one attached hydrogen (secondary N) is 3. The van der Waals surface area contributed by atoms with Crippen LogP contribution in [0.25, 0.3) is 0 Å². The van der Waals surface area contributed by atoms with Crippen LogP contribution in [-0.2, 0) is 19.1 Å². The summed E-state index contributed by atoms with van der Waals surface area (Å²) in [5.41, 5.74) is -2.00. The molecule has 31 heavy (non-hydrogen) atoms. The lowest BCUT2D eigenvalue weighted by molar-refractivity contribution is -0.149. The van der Waals surface area contributed by atoms with Crippen molar-refractivity contribution in [2.24, 2.45) is 11.8 Å². The third-order valence-electron chi connectivity index (χ3n) is 5.96. The van der Waals surface area contributed by atoms with Crippen molar-refractivity contribution < 1.29 is 29.0 Å². The molecule has 0 aromatic heterocycles. The molecule has 4 N–H and O–H groups in total. The Kier molecular flexibility index (Phi) is 9.54. The van der Waals surface area contributed by atoms with E-state index in [0.717, 1.165) is 32.4 Å². The molecule has 2 rings (SSSR count). The van der Waals surface area contributed by atoms with Gasteiger partial charge in [0.15, 0.2) is 0 Å². The Hall–Kier alpha value is -2.36. The van der Waals surface area contributed by atoms with Gasteiger partial charge in [0.25, 0.3) is 0 Å². The number of likely N-dealkylation sites (tertiary alicyclic amines) is 1. The minimum atomic E-state index is -2.00. The van der Waals surface area contributed by atoms with Crippen LogP contribution in [0, 0.1) is 11.8 Å². The second kappa shape index (κ2) is 11.9. The zero-order valence-electron chi connectivity index (χ0n) is 18.6. The van der Waals surface area contributed by atoms with E-state index in [1.54, 1.807) is 4.90 Å². The van der Waals surface area contributed by atoms with E-state index in [9.17, 15) is 24.3 Å². The van der Waals surface area contributed by atoms with E-state index in [4.69, 9.17) is 4.74 Å². The predicted octanol–water partition coefficient (Wildman–Crippen LogP) is 1.06. The highest BCUT2D eigenvalue weighted by atomic mass is 16.5. The van der Waals surface area contributed by atoms with Crippen LogP contribution in [0.4, 0.5) is 4.79 Å². The molecule has 0 saturated carbocycles. The number of carbonyl (C=O) groups excluding carboxylic acids is 3. The normalized spacial score (nSPS) is 21.6. The molecule has 3 amide bonds. The standard InChI is InChI=1S/C21H36N4O6/c1-3-13-31-20(30)24-21(2,19(28)29)23-18(27)16-5-4-12-25(14-16)17(26)7-6-15-8-10-22-11-9-15/h15-16,22H,3-14H2,1-2H3,(H,23,27)(H,24,30)(H,28,29)/t16-,21+/m1/s1. The average molecular weight is 441 g/mol. The van der Waals surface area contributed by atoms with Gasteiger partial charge in [-0.25, -0.2) is 9.59 Å². The molecular weight excluding hydrogens is 404 g/mol. The highest BCUT2D eigenvalue weighted by Crippen LogP contribution is 2.22. The summed E-state index contributed by atoms with van der Waals surface area (Å²) < 4.78 is 4.87. The molecule has 10 nitrogen and oxygen atoms in total. The monoisotopic (exact) mass is 440 g/mol. The number of piperidine rings is 2. The second-order valence-corrected chi connectivity index (χ2v) is 8.59. The van der Waals surface area contributed by atoms with Crippen molar-refractivity contribution in [3.8, 4) is 0 Å². The van der Waals surface area contributed by atoms with Gasteiger partial charge in [0.1, 0.15) is 0 Å². The lowest BCUT2D eigenvalue weighted by atomic mass is 9.92. The maximum atomic E-state index is 12.8. The quantitative estimate of drug-likeness (QED) is 0.393. The van der Waals surface area contributed by atoms with E-state index in [1.165, 1.54) is 6.92 Å². The number of ether oxygens (including phenoxy) is 1. The molecule has 2 saturated heterocycles. The molecule has 2 aliphatic rings. The number of alkyl carbamates (subject to hydrolysis) is 1. The Bertz CT molecular complexity index is 652. The van der Waals surface area contributed by atoms with Crippen molar-refractivity contribution in [2.45, 2.75) is 64.5 Å². The molecule has 2 atom stereocenters. The van der Waals surface area contributed by atoms with Gasteiger partial charge >= 0.3 is 12.1 Å². The Labute approximate surface area is 183 Å². The number of carboxylic acid groups (broad SMARTS) is 1. The first-order valence-electron chi connectivity index (χ1n) is 11.2. The topological polar surface area (TPSA) is 137 Å². The number of hydrogen-bond acceptors (Lipinski definition) is 6. The smallest absolute Gasteiger partial charge is 0.409 e. The zero-order chi connectivity index (χ0) is 22.9. The van der Waals surface area contributed by atoms with Crippen molar-refractivity contribution in [1.82, 2.24) is 20.9 Å². The van der Waals surface area contributed by atoms with Crippen LogP contribution in [0.2, 0.25) is 0 Å². The highest BCUT2D eigenvalue weighted by molar-refractivity contribution is 5.90.